The lowest BCUT2D eigenvalue weighted by Gasteiger charge is -2.33. The number of hydrogen-bond donors (Lipinski definition) is 0. The van der Waals surface area contributed by atoms with Gasteiger partial charge in [0.2, 0.25) is 0 Å². The Labute approximate surface area is 199 Å². The highest BCUT2D eigenvalue weighted by Crippen LogP contribution is 2.29. The number of methoxy groups -OCH3 is 1. The number of fused-ring (bicyclic) bond motifs is 1. The lowest BCUT2D eigenvalue weighted by molar-refractivity contribution is 0.0304. The summed E-state index contributed by atoms with van der Waals surface area (Å²) in [6.07, 6.45) is 1.51. The fraction of sp³-hybridized carbons (Fsp3) is 0.370. The van der Waals surface area contributed by atoms with Gasteiger partial charge in [0, 0.05) is 43.0 Å². The van der Waals surface area contributed by atoms with Gasteiger partial charge in [-0.25, -0.2) is 4.98 Å². The standard InChI is InChI=1S/C27H29N3O4/c1-33-21-8-6-19(7-9-21)26(31)20-10-12-29(13-11-20)25-18-23(22-4-2-3-5-24(22)28-25)27(32)30-14-16-34-17-15-30/h2-9,18,20H,10-17H2,1H3. The van der Waals surface area contributed by atoms with Gasteiger partial charge >= 0.3 is 0 Å². The number of piperidine rings is 1. The van der Waals surface area contributed by atoms with E-state index in [-0.39, 0.29) is 17.6 Å². The molecule has 34 heavy (non-hydrogen) atoms. The maximum Gasteiger partial charge on any atom is 0.254 e. The minimum absolute atomic E-state index is 0.0143. The zero-order chi connectivity index (χ0) is 23.5. The van der Waals surface area contributed by atoms with E-state index < -0.39 is 0 Å². The summed E-state index contributed by atoms with van der Waals surface area (Å²) in [5.74, 6) is 1.73. The van der Waals surface area contributed by atoms with Crippen molar-refractivity contribution < 1.29 is 19.1 Å². The summed E-state index contributed by atoms with van der Waals surface area (Å²) in [5.41, 5.74) is 2.22. The van der Waals surface area contributed by atoms with E-state index in [1.54, 1.807) is 7.11 Å². The number of pyridine rings is 1. The van der Waals surface area contributed by atoms with Gasteiger partial charge in [0.05, 0.1) is 31.4 Å². The minimum atomic E-state index is -0.0143. The number of ketones is 1. The van der Waals surface area contributed by atoms with Crippen LogP contribution in [0, 0.1) is 5.92 Å². The van der Waals surface area contributed by atoms with Crippen LogP contribution in [0.4, 0.5) is 5.82 Å². The monoisotopic (exact) mass is 459 g/mol. The van der Waals surface area contributed by atoms with Gasteiger partial charge in [0.15, 0.2) is 5.78 Å². The predicted molar refractivity (Wildman–Crippen MR) is 131 cm³/mol. The van der Waals surface area contributed by atoms with Crippen LogP contribution in [0.25, 0.3) is 10.9 Å². The summed E-state index contributed by atoms with van der Waals surface area (Å²) in [5, 5.41) is 0.868. The van der Waals surface area contributed by atoms with Gasteiger partial charge in [-0.3, -0.25) is 9.59 Å². The normalized spacial score (nSPS) is 17.1. The van der Waals surface area contributed by atoms with E-state index in [2.05, 4.69) is 4.90 Å². The molecule has 1 amide bonds. The predicted octanol–water partition coefficient (Wildman–Crippen LogP) is 3.82. The first-order chi connectivity index (χ1) is 16.6. The number of carbonyl (C=O) groups is 2. The number of morpholine rings is 1. The zero-order valence-electron chi connectivity index (χ0n) is 19.4. The largest absolute Gasteiger partial charge is 0.497 e. The number of anilines is 1. The fourth-order valence-corrected chi connectivity index (χ4v) is 4.80. The van der Waals surface area contributed by atoms with Gasteiger partial charge in [-0.2, -0.15) is 0 Å². The molecule has 7 heteroatoms. The summed E-state index contributed by atoms with van der Waals surface area (Å²) < 4.78 is 10.6. The molecule has 5 rings (SSSR count). The fourth-order valence-electron chi connectivity index (χ4n) is 4.80. The summed E-state index contributed by atoms with van der Waals surface area (Å²) in [7, 11) is 1.62. The third kappa shape index (κ3) is 4.48. The maximum atomic E-state index is 13.4. The van der Waals surface area contributed by atoms with Crippen molar-refractivity contribution in [3.63, 3.8) is 0 Å². The van der Waals surface area contributed by atoms with Crippen LogP contribution in [0.5, 0.6) is 5.75 Å². The summed E-state index contributed by atoms with van der Waals surface area (Å²) in [6.45, 7) is 3.79. The molecule has 7 nitrogen and oxygen atoms in total. The summed E-state index contributed by atoms with van der Waals surface area (Å²) >= 11 is 0. The molecule has 2 aliphatic rings. The topological polar surface area (TPSA) is 72.0 Å². The molecule has 0 atom stereocenters. The van der Waals surface area contributed by atoms with E-state index in [9.17, 15) is 9.59 Å². The average molecular weight is 460 g/mol. The number of aromatic nitrogens is 1. The number of rotatable bonds is 5. The Bertz CT molecular complexity index is 1180. The molecule has 0 spiro atoms. The highest BCUT2D eigenvalue weighted by molar-refractivity contribution is 6.07. The maximum absolute atomic E-state index is 13.4. The number of benzene rings is 2. The molecular formula is C27H29N3O4. The van der Waals surface area contributed by atoms with E-state index in [1.807, 2.05) is 59.5 Å². The first-order valence-corrected chi connectivity index (χ1v) is 11.8. The third-order valence-corrected chi connectivity index (χ3v) is 6.80. The van der Waals surface area contributed by atoms with Gasteiger partial charge in [-0.15, -0.1) is 0 Å². The third-order valence-electron chi connectivity index (χ3n) is 6.80. The molecule has 3 aromatic rings. The van der Waals surface area contributed by atoms with Crippen LogP contribution in [0.3, 0.4) is 0 Å². The molecule has 0 saturated carbocycles. The Morgan fingerprint density at radius 3 is 2.38 bits per heavy atom. The number of amides is 1. The smallest absolute Gasteiger partial charge is 0.254 e. The first kappa shape index (κ1) is 22.3. The Morgan fingerprint density at radius 2 is 1.68 bits per heavy atom. The number of para-hydroxylation sites is 1. The molecule has 176 valence electrons. The Balaban J connectivity index is 1.34. The highest BCUT2D eigenvalue weighted by Gasteiger charge is 2.28. The van der Waals surface area contributed by atoms with Crippen LogP contribution < -0.4 is 9.64 Å². The van der Waals surface area contributed by atoms with Crippen LogP contribution in [-0.2, 0) is 4.74 Å². The Kier molecular flexibility index (Phi) is 6.45. The number of Topliss-reactive ketones (excluding diaryl/α,β-unsaturated/α-hetero) is 1. The van der Waals surface area contributed by atoms with Crippen molar-refractivity contribution in [2.45, 2.75) is 12.8 Å². The molecule has 0 radical (unpaired) electrons. The molecule has 1 aromatic heterocycles. The summed E-state index contributed by atoms with van der Waals surface area (Å²) in [6, 6.07) is 17.0. The van der Waals surface area contributed by atoms with Crippen LogP contribution >= 0.6 is 0 Å². The quantitative estimate of drug-likeness (QED) is 0.541. The highest BCUT2D eigenvalue weighted by atomic mass is 16.5. The van der Waals surface area contributed by atoms with Crippen molar-refractivity contribution in [3.05, 3.63) is 65.7 Å². The number of ether oxygens (including phenoxy) is 2. The molecule has 0 unspecified atom stereocenters. The number of nitrogens with zero attached hydrogens (tertiary/aromatic N) is 3. The lowest BCUT2D eigenvalue weighted by atomic mass is 9.89. The van der Waals surface area contributed by atoms with Crippen molar-refractivity contribution in [1.82, 2.24) is 9.88 Å². The second kappa shape index (κ2) is 9.81. The van der Waals surface area contributed by atoms with Crippen LogP contribution in [0.15, 0.2) is 54.6 Å². The van der Waals surface area contributed by atoms with Crippen molar-refractivity contribution in [3.8, 4) is 5.75 Å². The zero-order valence-corrected chi connectivity index (χ0v) is 19.4. The van der Waals surface area contributed by atoms with Crippen molar-refractivity contribution >= 4 is 28.4 Å². The molecule has 3 heterocycles. The summed E-state index contributed by atoms with van der Waals surface area (Å²) in [4.78, 5) is 35.3. The van der Waals surface area contributed by atoms with E-state index in [0.29, 0.717) is 31.9 Å². The molecule has 0 aliphatic carbocycles. The van der Waals surface area contributed by atoms with Gasteiger partial charge in [0.25, 0.3) is 5.91 Å². The lowest BCUT2D eigenvalue weighted by Crippen LogP contribution is -2.41. The van der Waals surface area contributed by atoms with Crippen molar-refractivity contribution in [1.29, 1.82) is 0 Å². The van der Waals surface area contributed by atoms with Crippen LogP contribution in [0.2, 0.25) is 0 Å². The second-order valence-corrected chi connectivity index (χ2v) is 8.80. The SMILES string of the molecule is COc1ccc(C(=O)C2CCN(c3cc(C(=O)N4CCOCC4)c4ccccc4n3)CC2)cc1. The van der Waals surface area contributed by atoms with Crippen LogP contribution in [-0.4, -0.2) is 68.1 Å². The first-order valence-electron chi connectivity index (χ1n) is 11.8. The Hall–Kier alpha value is -3.45. The van der Waals surface area contributed by atoms with Gasteiger partial charge in [-0.05, 0) is 49.2 Å². The second-order valence-electron chi connectivity index (χ2n) is 8.80. The molecule has 0 bridgehead atoms. The van der Waals surface area contributed by atoms with E-state index >= 15 is 0 Å². The van der Waals surface area contributed by atoms with Gasteiger partial charge in [0.1, 0.15) is 11.6 Å². The van der Waals surface area contributed by atoms with Crippen molar-refractivity contribution in [2.75, 3.05) is 51.4 Å². The van der Waals surface area contributed by atoms with E-state index in [1.165, 1.54) is 0 Å². The molecule has 2 aromatic carbocycles. The van der Waals surface area contributed by atoms with Gasteiger partial charge in [-0.1, -0.05) is 18.2 Å². The Morgan fingerprint density at radius 1 is 0.971 bits per heavy atom. The minimum Gasteiger partial charge on any atom is -0.497 e. The molecular weight excluding hydrogens is 430 g/mol. The van der Waals surface area contributed by atoms with Gasteiger partial charge < -0.3 is 19.3 Å². The molecule has 2 aliphatic heterocycles. The molecule has 0 N–H and O–H groups in total. The van der Waals surface area contributed by atoms with Crippen molar-refractivity contribution in [2.24, 2.45) is 5.92 Å². The molecule has 2 fully saturated rings. The average Bonchev–Trinajstić information content (AvgIpc) is 2.92. The number of carbonyl (C=O) groups excluding carboxylic acids is 2. The number of hydrogen-bond acceptors (Lipinski definition) is 6. The van der Waals surface area contributed by atoms with E-state index in [0.717, 1.165) is 54.0 Å². The molecule has 2 saturated heterocycles. The van der Waals surface area contributed by atoms with E-state index in [4.69, 9.17) is 14.5 Å². The van der Waals surface area contributed by atoms with Crippen LogP contribution in [0.1, 0.15) is 33.6 Å².